The highest BCUT2D eigenvalue weighted by Crippen LogP contribution is 2.37. The summed E-state index contributed by atoms with van der Waals surface area (Å²) in [5, 5.41) is 27.5. The Hall–Kier alpha value is -0.840. The van der Waals surface area contributed by atoms with Crippen LogP contribution >= 0.6 is 0 Å². The van der Waals surface area contributed by atoms with Crippen LogP contribution in [0.15, 0.2) is 23.8 Å². The maximum absolute atomic E-state index is 10.6. The summed E-state index contributed by atoms with van der Waals surface area (Å²) in [5.74, 6) is 0.230. The molecule has 9 unspecified atom stereocenters. The van der Waals surface area contributed by atoms with Gasteiger partial charge in [0, 0.05) is 53.8 Å². The van der Waals surface area contributed by atoms with Crippen molar-refractivity contribution in [1.82, 2.24) is 0 Å². The van der Waals surface area contributed by atoms with Crippen LogP contribution in [0.5, 0.6) is 0 Å². The van der Waals surface area contributed by atoms with Crippen LogP contribution in [0.2, 0.25) is 0 Å². The van der Waals surface area contributed by atoms with Crippen LogP contribution in [-0.4, -0.2) is 93.8 Å². The Labute approximate surface area is 200 Å². The number of allylic oxidation sites excluding steroid dienone is 2. The fourth-order valence-corrected chi connectivity index (χ4v) is 4.04. The highest BCUT2D eigenvalue weighted by molar-refractivity contribution is 5.13. The van der Waals surface area contributed by atoms with E-state index in [1.165, 1.54) is 7.11 Å². The summed E-state index contributed by atoms with van der Waals surface area (Å²) in [6.45, 7) is 8.24. The fourth-order valence-electron chi connectivity index (χ4n) is 4.04. The summed E-state index contributed by atoms with van der Waals surface area (Å²) in [7, 11) is 7.36. The van der Waals surface area contributed by atoms with Crippen LogP contribution in [0.4, 0.5) is 0 Å². The molecule has 0 bridgehead atoms. The molecule has 3 N–H and O–H groups in total. The average molecular weight is 477 g/mol. The highest BCUT2D eigenvalue weighted by atomic mass is 16.6. The molecule has 0 aromatic rings. The van der Waals surface area contributed by atoms with E-state index in [1.807, 2.05) is 32.1 Å². The summed E-state index contributed by atoms with van der Waals surface area (Å²) >= 11 is 0. The second kappa shape index (κ2) is 17.6. The van der Waals surface area contributed by atoms with Crippen molar-refractivity contribution >= 4 is 0 Å². The molecule has 0 aromatic carbocycles. The summed E-state index contributed by atoms with van der Waals surface area (Å²) in [5.41, 5.74) is 1.13. The maximum Gasteiger partial charge on any atom is 0.180 e. The van der Waals surface area contributed by atoms with E-state index in [0.717, 1.165) is 19.1 Å². The van der Waals surface area contributed by atoms with Gasteiger partial charge in [-0.05, 0) is 19.8 Å². The van der Waals surface area contributed by atoms with Gasteiger partial charge in [0.2, 0.25) is 0 Å². The van der Waals surface area contributed by atoms with E-state index in [4.69, 9.17) is 28.8 Å². The minimum absolute atomic E-state index is 0.0261. The van der Waals surface area contributed by atoms with Gasteiger partial charge in [0.1, 0.15) is 12.2 Å². The fraction of sp³-hybridized carbons (Fsp3) is 0.840. The van der Waals surface area contributed by atoms with Crippen LogP contribution in [0.1, 0.15) is 47.0 Å². The number of hydrogen-bond acceptors (Lipinski definition) is 8. The molecule has 1 aliphatic rings. The van der Waals surface area contributed by atoms with Gasteiger partial charge in [0.25, 0.3) is 0 Å². The van der Waals surface area contributed by atoms with Crippen LogP contribution < -0.4 is 0 Å². The normalized spacial score (nSPS) is 24.9. The lowest BCUT2D eigenvalue weighted by Gasteiger charge is -2.25. The zero-order valence-electron chi connectivity index (χ0n) is 21.9. The Morgan fingerprint density at radius 3 is 2.03 bits per heavy atom. The van der Waals surface area contributed by atoms with Crippen molar-refractivity contribution < 1.29 is 39.0 Å². The lowest BCUT2D eigenvalue weighted by atomic mass is 9.91. The first-order valence-corrected chi connectivity index (χ1v) is 11.6. The molecule has 0 amide bonds. The Morgan fingerprint density at radius 2 is 1.55 bits per heavy atom. The number of ether oxygens (including phenoxy) is 5. The van der Waals surface area contributed by atoms with Crippen LogP contribution in [0, 0.1) is 11.8 Å². The van der Waals surface area contributed by atoms with Gasteiger partial charge in [-0.3, -0.25) is 0 Å². The Bertz CT molecular complexity index is 549. The molecular formula is C25H48O8. The molecule has 0 aromatic heterocycles. The number of methoxy groups -OCH3 is 4. The van der Waals surface area contributed by atoms with E-state index in [0.29, 0.717) is 12.8 Å². The van der Waals surface area contributed by atoms with Gasteiger partial charge in [-0.15, -0.1) is 0 Å². The van der Waals surface area contributed by atoms with E-state index in [-0.39, 0.29) is 36.3 Å². The molecule has 1 rings (SSSR count). The van der Waals surface area contributed by atoms with Crippen LogP contribution in [0.3, 0.4) is 0 Å². The molecule has 1 fully saturated rings. The number of rotatable bonds is 16. The van der Waals surface area contributed by atoms with Crippen molar-refractivity contribution in [2.45, 2.75) is 89.9 Å². The third-order valence-corrected chi connectivity index (χ3v) is 6.28. The summed E-state index contributed by atoms with van der Waals surface area (Å²) in [6, 6.07) is 0. The number of aliphatic hydroxyl groups is 3. The van der Waals surface area contributed by atoms with Crippen molar-refractivity contribution in [3.63, 3.8) is 0 Å². The van der Waals surface area contributed by atoms with Crippen LogP contribution in [-0.2, 0) is 23.7 Å². The monoisotopic (exact) mass is 476 g/mol. The number of epoxide rings is 1. The summed E-state index contributed by atoms with van der Waals surface area (Å²) < 4.78 is 27.1. The van der Waals surface area contributed by atoms with Crippen molar-refractivity contribution in [3.05, 3.63) is 23.8 Å². The Balaban J connectivity index is 0.00000497. The Morgan fingerprint density at radius 1 is 0.939 bits per heavy atom. The zero-order chi connectivity index (χ0) is 25.6. The molecule has 1 saturated heterocycles. The quantitative estimate of drug-likeness (QED) is 0.177. The molecule has 0 radical (unpaired) electrons. The first-order valence-electron chi connectivity index (χ1n) is 11.6. The first kappa shape index (κ1) is 32.2. The second-order valence-electron chi connectivity index (χ2n) is 8.55. The molecule has 33 heavy (non-hydrogen) atoms. The summed E-state index contributed by atoms with van der Waals surface area (Å²) in [6.07, 6.45) is 6.12. The van der Waals surface area contributed by atoms with Gasteiger partial charge in [0.05, 0.1) is 24.4 Å². The van der Waals surface area contributed by atoms with Crippen molar-refractivity contribution in [3.8, 4) is 0 Å². The zero-order valence-corrected chi connectivity index (χ0v) is 21.9. The SMILES string of the molecule is CCC(OC)C(C)C1OC1C(O)C(C)/C=C/C=C(\C)CC(CC(OC)C(O)OC)OC.CO. The minimum Gasteiger partial charge on any atom is -0.400 e. The van der Waals surface area contributed by atoms with Crippen molar-refractivity contribution in [1.29, 1.82) is 0 Å². The molecule has 1 aliphatic heterocycles. The number of hydrogen-bond donors (Lipinski definition) is 3. The van der Waals surface area contributed by atoms with E-state index in [2.05, 4.69) is 13.8 Å². The standard InChI is InChI=1S/C24H44O7.CH4O/c1-9-19(28-6)17(4)22-23(31-22)21(25)16(3)12-10-11-15(2)13-18(27-5)14-20(29-7)24(26)30-8;1-2/h10-12,16-26H,9,13-14H2,1-8H3;2H,1H3/b12-10+,15-11+;. The molecule has 0 aliphatic carbocycles. The predicted molar refractivity (Wildman–Crippen MR) is 129 cm³/mol. The van der Waals surface area contributed by atoms with Crippen molar-refractivity contribution in [2.75, 3.05) is 35.5 Å². The number of aliphatic hydroxyl groups excluding tert-OH is 3. The predicted octanol–water partition coefficient (Wildman–Crippen LogP) is 2.70. The molecule has 8 nitrogen and oxygen atoms in total. The molecule has 1 heterocycles. The lowest BCUT2D eigenvalue weighted by molar-refractivity contribution is -0.164. The van der Waals surface area contributed by atoms with Gasteiger partial charge in [-0.2, -0.15) is 0 Å². The smallest absolute Gasteiger partial charge is 0.180 e. The van der Waals surface area contributed by atoms with E-state index < -0.39 is 18.5 Å². The maximum atomic E-state index is 10.6. The first-order chi connectivity index (χ1) is 15.7. The molecule has 0 spiro atoms. The Kier molecular flexibility index (Phi) is 17.1. The van der Waals surface area contributed by atoms with Gasteiger partial charge in [0.15, 0.2) is 6.29 Å². The van der Waals surface area contributed by atoms with E-state index >= 15 is 0 Å². The molecular weight excluding hydrogens is 428 g/mol. The average Bonchev–Trinajstić information content (AvgIpc) is 3.63. The van der Waals surface area contributed by atoms with Gasteiger partial charge in [-0.25, -0.2) is 0 Å². The van der Waals surface area contributed by atoms with E-state index in [9.17, 15) is 10.2 Å². The molecule has 8 heteroatoms. The highest BCUT2D eigenvalue weighted by Gasteiger charge is 2.50. The topological polar surface area (TPSA) is 110 Å². The van der Waals surface area contributed by atoms with Gasteiger partial charge >= 0.3 is 0 Å². The van der Waals surface area contributed by atoms with E-state index in [1.54, 1.807) is 21.3 Å². The molecule has 0 saturated carbocycles. The lowest BCUT2D eigenvalue weighted by Crippen LogP contribution is -2.33. The third-order valence-electron chi connectivity index (χ3n) is 6.28. The van der Waals surface area contributed by atoms with Crippen LogP contribution in [0.25, 0.3) is 0 Å². The largest absolute Gasteiger partial charge is 0.400 e. The minimum atomic E-state index is -0.984. The molecule has 196 valence electrons. The van der Waals surface area contributed by atoms with Crippen molar-refractivity contribution in [2.24, 2.45) is 11.8 Å². The third kappa shape index (κ3) is 11.0. The van der Waals surface area contributed by atoms with Gasteiger partial charge < -0.3 is 39.0 Å². The summed E-state index contributed by atoms with van der Waals surface area (Å²) in [4.78, 5) is 0. The second-order valence-corrected chi connectivity index (χ2v) is 8.55. The van der Waals surface area contributed by atoms with Gasteiger partial charge in [-0.1, -0.05) is 44.6 Å². The molecule has 9 atom stereocenters.